The number of nitrogens with zero attached hydrogens (tertiary/aromatic N) is 1. The molecule has 1 aromatic rings. The smallest absolute Gasteiger partial charge is 0.115 e. The van der Waals surface area contributed by atoms with Crippen LogP contribution < -0.4 is 0 Å². The Morgan fingerprint density at radius 3 is 2.39 bits per heavy atom. The van der Waals surface area contributed by atoms with E-state index in [0.29, 0.717) is 5.75 Å². The molecule has 0 radical (unpaired) electrons. The molecule has 96 valence electrons. The number of phenolic OH excluding ortho intramolecular Hbond substituents is 1. The van der Waals surface area contributed by atoms with Gasteiger partial charge in [0, 0.05) is 0 Å². The van der Waals surface area contributed by atoms with Crippen molar-refractivity contribution < 1.29 is 5.11 Å². The minimum absolute atomic E-state index is 0.178. The van der Waals surface area contributed by atoms with E-state index in [0.717, 1.165) is 30.7 Å². The van der Waals surface area contributed by atoms with Crippen LogP contribution in [0.5, 0.6) is 5.75 Å². The van der Waals surface area contributed by atoms with Gasteiger partial charge in [-0.05, 0) is 55.7 Å². The molecule has 0 heterocycles. The van der Waals surface area contributed by atoms with Gasteiger partial charge < -0.3 is 5.11 Å². The van der Waals surface area contributed by atoms with Gasteiger partial charge in [-0.3, -0.25) is 0 Å². The highest BCUT2D eigenvalue weighted by Gasteiger charge is 2.35. The van der Waals surface area contributed by atoms with Crippen LogP contribution >= 0.6 is 0 Å². The second kappa shape index (κ2) is 5.44. The second-order valence-corrected chi connectivity index (χ2v) is 5.59. The highest BCUT2D eigenvalue weighted by atomic mass is 16.3. The largest absolute Gasteiger partial charge is 0.508 e. The molecule has 0 unspecified atom stereocenters. The van der Waals surface area contributed by atoms with Gasteiger partial charge in [0.05, 0.1) is 11.5 Å². The van der Waals surface area contributed by atoms with E-state index in [1.165, 1.54) is 19.3 Å². The van der Waals surface area contributed by atoms with Crippen molar-refractivity contribution in [3.63, 3.8) is 0 Å². The highest BCUT2D eigenvalue weighted by molar-refractivity contribution is 5.27. The second-order valence-electron chi connectivity index (χ2n) is 5.59. The van der Waals surface area contributed by atoms with Gasteiger partial charge in [-0.25, -0.2) is 0 Å². The topological polar surface area (TPSA) is 44.0 Å². The summed E-state index contributed by atoms with van der Waals surface area (Å²) in [5.74, 6) is 1.10. The lowest BCUT2D eigenvalue weighted by Crippen LogP contribution is -2.28. The number of hydrogen-bond acceptors (Lipinski definition) is 2. The third-order valence-electron chi connectivity index (χ3n) is 4.36. The van der Waals surface area contributed by atoms with Crippen molar-refractivity contribution >= 4 is 0 Å². The molecule has 1 fully saturated rings. The summed E-state index contributed by atoms with van der Waals surface area (Å²) < 4.78 is 0. The van der Waals surface area contributed by atoms with E-state index in [9.17, 15) is 10.4 Å². The van der Waals surface area contributed by atoms with Crippen molar-refractivity contribution in [3.05, 3.63) is 29.8 Å². The maximum atomic E-state index is 9.52. The SMILES string of the molecule is CCC1CCC(C#N)(Cc2ccc(O)cc2)CC1. The Balaban J connectivity index is 2.06. The number of hydrogen-bond donors (Lipinski definition) is 1. The maximum Gasteiger partial charge on any atom is 0.115 e. The highest BCUT2D eigenvalue weighted by Crippen LogP contribution is 2.42. The summed E-state index contributed by atoms with van der Waals surface area (Å²) in [7, 11) is 0. The Kier molecular flexibility index (Phi) is 3.91. The van der Waals surface area contributed by atoms with Gasteiger partial charge in [0.1, 0.15) is 5.75 Å². The molecule has 0 saturated heterocycles. The molecule has 1 saturated carbocycles. The zero-order valence-corrected chi connectivity index (χ0v) is 11.0. The zero-order chi connectivity index (χ0) is 13.0. The van der Waals surface area contributed by atoms with Crippen molar-refractivity contribution in [1.82, 2.24) is 0 Å². The van der Waals surface area contributed by atoms with Gasteiger partial charge in [-0.15, -0.1) is 0 Å². The van der Waals surface area contributed by atoms with Crippen molar-refractivity contribution in [3.8, 4) is 11.8 Å². The lowest BCUT2D eigenvalue weighted by Gasteiger charge is -2.34. The van der Waals surface area contributed by atoms with Crippen LogP contribution in [0.3, 0.4) is 0 Å². The van der Waals surface area contributed by atoms with E-state index in [1.807, 2.05) is 12.1 Å². The first-order valence-corrected chi connectivity index (χ1v) is 6.86. The minimum atomic E-state index is -0.178. The van der Waals surface area contributed by atoms with Gasteiger partial charge in [-0.1, -0.05) is 25.5 Å². The summed E-state index contributed by atoms with van der Waals surface area (Å²) in [4.78, 5) is 0. The standard InChI is InChI=1S/C16H21NO/c1-2-13-7-9-16(12-17,10-8-13)11-14-3-5-15(18)6-4-14/h3-6,13,18H,2,7-11H2,1H3. The van der Waals surface area contributed by atoms with Crippen LogP contribution in [-0.2, 0) is 6.42 Å². The summed E-state index contributed by atoms with van der Waals surface area (Å²) in [6.07, 6.45) is 6.46. The molecular weight excluding hydrogens is 222 g/mol. The molecule has 0 amide bonds. The molecule has 1 aliphatic carbocycles. The third-order valence-corrected chi connectivity index (χ3v) is 4.36. The Labute approximate surface area is 109 Å². The van der Waals surface area contributed by atoms with Gasteiger partial charge >= 0.3 is 0 Å². The Morgan fingerprint density at radius 2 is 1.89 bits per heavy atom. The van der Waals surface area contributed by atoms with Crippen LogP contribution in [0.2, 0.25) is 0 Å². The molecule has 0 aromatic heterocycles. The van der Waals surface area contributed by atoms with Gasteiger partial charge in [0.25, 0.3) is 0 Å². The fourth-order valence-corrected chi connectivity index (χ4v) is 2.97. The van der Waals surface area contributed by atoms with E-state index >= 15 is 0 Å². The number of aromatic hydroxyl groups is 1. The van der Waals surface area contributed by atoms with Crippen LogP contribution in [0.4, 0.5) is 0 Å². The van der Waals surface area contributed by atoms with Crippen LogP contribution in [0, 0.1) is 22.7 Å². The lowest BCUT2D eigenvalue weighted by molar-refractivity contribution is 0.205. The molecule has 2 rings (SSSR count). The van der Waals surface area contributed by atoms with Crippen molar-refractivity contribution in [1.29, 1.82) is 5.26 Å². The van der Waals surface area contributed by atoms with Gasteiger partial charge in [0.2, 0.25) is 0 Å². The predicted octanol–water partition coefficient (Wildman–Crippen LogP) is 4.04. The zero-order valence-electron chi connectivity index (χ0n) is 11.0. The summed E-state index contributed by atoms with van der Waals surface area (Å²) in [6, 6.07) is 9.84. The maximum absolute atomic E-state index is 9.52. The molecule has 0 spiro atoms. The summed E-state index contributed by atoms with van der Waals surface area (Å²) in [5.41, 5.74) is 0.979. The minimum Gasteiger partial charge on any atom is -0.508 e. The molecule has 2 heteroatoms. The first-order chi connectivity index (χ1) is 8.67. The van der Waals surface area contributed by atoms with Crippen LogP contribution in [0.15, 0.2) is 24.3 Å². The van der Waals surface area contributed by atoms with E-state index in [2.05, 4.69) is 13.0 Å². The average molecular weight is 243 g/mol. The van der Waals surface area contributed by atoms with Gasteiger partial charge in [-0.2, -0.15) is 5.26 Å². The van der Waals surface area contributed by atoms with E-state index < -0.39 is 0 Å². The Morgan fingerprint density at radius 1 is 1.28 bits per heavy atom. The lowest BCUT2D eigenvalue weighted by atomic mass is 9.68. The van der Waals surface area contributed by atoms with Crippen molar-refractivity contribution in [2.45, 2.75) is 45.4 Å². The monoisotopic (exact) mass is 243 g/mol. The van der Waals surface area contributed by atoms with E-state index in [-0.39, 0.29) is 5.41 Å². The predicted molar refractivity (Wildman–Crippen MR) is 72.1 cm³/mol. The molecule has 1 N–H and O–H groups in total. The molecule has 0 aliphatic heterocycles. The molecule has 0 bridgehead atoms. The molecule has 1 aliphatic rings. The average Bonchev–Trinajstić information content (AvgIpc) is 2.42. The molecule has 1 aromatic carbocycles. The molecule has 18 heavy (non-hydrogen) atoms. The third kappa shape index (κ3) is 2.85. The quantitative estimate of drug-likeness (QED) is 0.870. The molecule has 2 nitrogen and oxygen atoms in total. The number of benzene rings is 1. The summed E-state index contributed by atoms with van der Waals surface area (Å²) >= 11 is 0. The Bertz CT molecular complexity index is 421. The number of rotatable bonds is 3. The van der Waals surface area contributed by atoms with E-state index in [1.54, 1.807) is 12.1 Å². The van der Waals surface area contributed by atoms with Crippen LogP contribution in [-0.4, -0.2) is 5.11 Å². The van der Waals surface area contributed by atoms with Crippen LogP contribution in [0.25, 0.3) is 0 Å². The van der Waals surface area contributed by atoms with Crippen LogP contribution in [0.1, 0.15) is 44.6 Å². The molecular formula is C16H21NO. The first-order valence-electron chi connectivity index (χ1n) is 6.86. The van der Waals surface area contributed by atoms with Crippen molar-refractivity contribution in [2.24, 2.45) is 11.3 Å². The Hall–Kier alpha value is -1.49. The van der Waals surface area contributed by atoms with Crippen molar-refractivity contribution in [2.75, 3.05) is 0 Å². The summed E-state index contributed by atoms with van der Waals surface area (Å²) in [6.45, 7) is 2.24. The normalized spacial score (nSPS) is 27.7. The molecule has 0 atom stereocenters. The number of phenols is 1. The van der Waals surface area contributed by atoms with Gasteiger partial charge in [0.15, 0.2) is 0 Å². The summed E-state index contributed by atoms with van der Waals surface area (Å²) in [5, 5.41) is 18.8. The van der Waals surface area contributed by atoms with E-state index in [4.69, 9.17) is 0 Å². The fraction of sp³-hybridized carbons (Fsp3) is 0.562. The number of nitriles is 1. The first kappa shape index (κ1) is 13.0. The fourth-order valence-electron chi connectivity index (χ4n) is 2.97.